The van der Waals surface area contributed by atoms with E-state index in [1.54, 1.807) is 17.5 Å². The molecule has 94 valence electrons. The number of thiazole rings is 1. The average molecular weight is 281 g/mol. The Labute approximate surface area is 115 Å². The molecule has 0 amide bonds. The molecule has 0 unspecified atom stereocenters. The van der Waals surface area contributed by atoms with Gasteiger partial charge in [-0.15, -0.1) is 11.3 Å². The van der Waals surface area contributed by atoms with Crippen molar-refractivity contribution in [2.45, 2.75) is 0 Å². The molecule has 0 atom stereocenters. The fraction of sp³-hybridized carbons (Fsp3) is 0.333. The maximum atomic E-state index is 5.92. The van der Waals surface area contributed by atoms with Crippen molar-refractivity contribution in [2.75, 3.05) is 36.0 Å². The van der Waals surface area contributed by atoms with Crippen LogP contribution >= 0.6 is 22.9 Å². The van der Waals surface area contributed by atoms with Crippen LogP contribution in [0.25, 0.3) is 0 Å². The highest BCUT2D eigenvalue weighted by molar-refractivity contribution is 7.13. The van der Waals surface area contributed by atoms with Crippen LogP contribution in [0.4, 0.5) is 10.8 Å². The molecular weight excluding hydrogens is 268 g/mol. The van der Waals surface area contributed by atoms with Crippen molar-refractivity contribution in [3.63, 3.8) is 0 Å². The van der Waals surface area contributed by atoms with Gasteiger partial charge >= 0.3 is 0 Å². The molecule has 4 nitrogen and oxygen atoms in total. The maximum absolute atomic E-state index is 5.92. The van der Waals surface area contributed by atoms with Gasteiger partial charge in [-0.05, 0) is 12.1 Å². The third-order valence-electron chi connectivity index (χ3n) is 3.04. The van der Waals surface area contributed by atoms with Crippen LogP contribution in [0.5, 0.6) is 0 Å². The first kappa shape index (κ1) is 11.7. The summed E-state index contributed by atoms with van der Waals surface area (Å²) in [5, 5.41) is 3.68. The number of hydrogen-bond donors (Lipinski definition) is 0. The van der Waals surface area contributed by atoms with Gasteiger partial charge in [0.1, 0.15) is 5.15 Å². The molecule has 1 saturated heterocycles. The fourth-order valence-electron chi connectivity index (χ4n) is 2.12. The van der Waals surface area contributed by atoms with E-state index in [-0.39, 0.29) is 0 Å². The minimum atomic E-state index is 0.551. The zero-order valence-electron chi connectivity index (χ0n) is 9.79. The summed E-state index contributed by atoms with van der Waals surface area (Å²) in [7, 11) is 0. The lowest BCUT2D eigenvalue weighted by atomic mass is 10.3. The Morgan fingerprint density at radius 1 is 1.06 bits per heavy atom. The molecule has 6 heteroatoms. The number of pyridine rings is 1. The first-order valence-electron chi connectivity index (χ1n) is 5.84. The van der Waals surface area contributed by atoms with Crippen LogP contribution in [-0.2, 0) is 0 Å². The summed E-state index contributed by atoms with van der Waals surface area (Å²) in [4.78, 5) is 13.0. The highest BCUT2D eigenvalue weighted by atomic mass is 35.5. The molecule has 0 radical (unpaired) electrons. The molecule has 0 aliphatic carbocycles. The Bertz CT molecular complexity index is 509. The van der Waals surface area contributed by atoms with Gasteiger partial charge in [-0.1, -0.05) is 11.6 Å². The standard InChI is InChI=1S/C12H13ClN4S/c13-11-9-10(1-2-14-11)16-4-6-17(7-5-16)12-15-3-8-18-12/h1-3,8-9H,4-7H2. The number of piperazine rings is 1. The van der Waals surface area contributed by atoms with Gasteiger partial charge in [-0.2, -0.15) is 0 Å². The molecule has 1 aliphatic heterocycles. The first-order chi connectivity index (χ1) is 8.83. The van der Waals surface area contributed by atoms with E-state index in [0.717, 1.165) is 37.0 Å². The van der Waals surface area contributed by atoms with Crippen LogP contribution in [-0.4, -0.2) is 36.1 Å². The van der Waals surface area contributed by atoms with E-state index >= 15 is 0 Å². The van der Waals surface area contributed by atoms with Gasteiger partial charge in [-0.25, -0.2) is 9.97 Å². The first-order valence-corrected chi connectivity index (χ1v) is 7.09. The van der Waals surface area contributed by atoms with Gasteiger partial charge in [0, 0.05) is 49.6 Å². The normalized spacial score (nSPS) is 16.1. The largest absolute Gasteiger partial charge is 0.368 e. The van der Waals surface area contributed by atoms with Crippen LogP contribution in [0.1, 0.15) is 0 Å². The lowest BCUT2D eigenvalue weighted by Gasteiger charge is -2.35. The summed E-state index contributed by atoms with van der Waals surface area (Å²) >= 11 is 7.61. The molecule has 3 rings (SSSR count). The van der Waals surface area contributed by atoms with Gasteiger partial charge in [0.25, 0.3) is 0 Å². The van der Waals surface area contributed by atoms with Crippen molar-refractivity contribution in [3.05, 3.63) is 35.1 Å². The summed E-state index contributed by atoms with van der Waals surface area (Å²) in [5.74, 6) is 0. The van der Waals surface area contributed by atoms with E-state index < -0.39 is 0 Å². The SMILES string of the molecule is Clc1cc(N2CCN(c3nccs3)CC2)ccn1. The lowest BCUT2D eigenvalue weighted by Crippen LogP contribution is -2.46. The van der Waals surface area contributed by atoms with E-state index in [1.165, 1.54) is 0 Å². The molecule has 0 aromatic carbocycles. The van der Waals surface area contributed by atoms with Gasteiger partial charge in [-0.3, -0.25) is 0 Å². The van der Waals surface area contributed by atoms with Crippen molar-refractivity contribution >= 4 is 33.8 Å². The second-order valence-electron chi connectivity index (χ2n) is 4.13. The van der Waals surface area contributed by atoms with E-state index in [1.807, 2.05) is 23.7 Å². The Hall–Kier alpha value is -1.33. The molecule has 2 aromatic rings. The molecule has 18 heavy (non-hydrogen) atoms. The molecule has 0 saturated carbocycles. The van der Waals surface area contributed by atoms with Gasteiger partial charge in [0.2, 0.25) is 0 Å². The Balaban J connectivity index is 1.67. The highest BCUT2D eigenvalue weighted by Crippen LogP contribution is 2.22. The predicted octanol–water partition coefficient (Wildman–Crippen LogP) is 2.52. The number of halogens is 1. The monoisotopic (exact) mass is 280 g/mol. The van der Waals surface area contributed by atoms with Crippen molar-refractivity contribution in [1.29, 1.82) is 0 Å². The van der Waals surface area contributed by atoms with Crippen molar-refractivity contribution in [2.24, 2.45) is 0 Å². The third kappa shape index (κ3) is 2.42. The fourth-order valence-corrected chi connectivity index (χ4v) is 2.98. The minimum absolute atomic E-state index is 0.551. The average Bonchev–Trinajstić information content (AvgIpc) is 2.93. The zero-order chi connectivity index (χ0) is 12.4. The van der Waals surface area contributed by atoms with Crippen LogP contribution in [0, 0.1) is 0 Å². The van der Waals surface area contributed by atoms with Gasteiger partial charge in [0.15, 0.2) is 5.13 Å². The topological polar surface area (TPSA) is 32.3 Å². The number of anilines is 2. The number of aromatic nitrogens is 2. The number of rotatable bonds is 2. The van der Waals surface area contributed by atoms with Gasteiger partial charge < -0.3 is 9.80 Å². The molecule has 1 fully saturated rings. The molecule has 1 aliphatic rings. The van der Waals surface area contributed by atoms with Crippen molar-refractivity contribution < 1.29 is 0 Å². The second-order valence-corrected chi connectivity index (χ2v) is 5.39. The van der Waals surface area contributed by atoms with E-state index in [0.29, 0.717) is 5.15 Å². The molecule has 0 bridgehead atoms. The number of nitrogens with zero attached hydrogens (tertiary/aromatic N) is 4. The molecule has 0 N–H and O–H groups in total. The number of hydrogen-bond acceptors (Lipinski definition) is 5. The van der Waals surface area contributed by atoms with Crippen LogP contribution in [0.3, 0.4) is 0 Å². The van der Waals surface area contributed by atoms with E-state index in [2.05, 4.69) is 19.8 Å². The lowest BCUT2D eigenvalue weighted by molar-refractivity contribution is 0.652. The summed E-state index contributed by atoms with van der Waals surface area (Å²) in [5.41, 5.74) is 1.15. The summed E-state index contributed by atoms with van der Waals surface area (Å²) in [6, 6.07) is 3.92. The van der Waals surface area contributed by atoms with E-state index in [4.69, 9.17) is 11.6 Å². The maximum Gasteiger partial charge on any atom is 0.185 e. The van der Waals surface area contributed by atoms with Crippen LogP contribution in [0.2, 0.25) is 5.15 Å². The van der Waals surface area contributed by atoms with Crippen LogP contribution in [0.15, 0.2) is 29.9 Å². The zero-order valence-corrected chi connectivity index (χ0v) is 11.4. The molecule has 2 aromatic heterocycles. The van der Waals surface area contributed by atoms with Crippen molar-refractivity contribution in [1.82, 2.24) is 9.97 Å². The minimum Gasteiger partial charge on any atom is -0.368 e. The quantitative estimate of drug-likeness (QED) is 0.792. The second kappa shape index (κ2) is 5.12. The van der Waals surface area contributed by atoms with Crippen LogP contribution < -0.4 is 9.80 Å². The summed E-state index contributed by atoms with van der Waals surface area (Å²) < 4.78 is 0. The van der Waals surface area contributed by atoms with Crippen molar-refractivity contribution in [3.8, 4) is 0 Å². The van der Waals surface area contributed by atoms with E-state index in [9.17, 15) is 0 Å². The summed E-state index contributed by atoms with van der Waals surface area (Å²) in [6.45, 7) is 3.96. The van der Waals surface area contributed by atoms with Gasteiger partial charge in [0.05, 0.1) is 0 Å². The Kier molecular flexibility index (Phi) is 3.34. The third-order valence-corrected chi connectivity index (χ3v) is 4.08. The molecule has 0 spiro atoms. The Morgan fingerprint density at radius 3 is 2.50 bits per heavy atom. The highest BCUT2D eigenvalue weighted by Gasteiger charge is 2.18. The summed E-state index contributed by atoms with van der Waals surface area (Å²) in [6.07, 6.45) is 3.61. The Morgan fingerprint density at radius 2 is 1.83 bits per heavy atom. The molecule has 3 heterocycles. The smallest absolute Gasteiger partial charge is 0.185 e. The predicted molar refractivity (Wildman–Crippen MR) is 75.8 cm³/mol. The molecular formula is C12H13ClN4S.